The molecule has 1 unspecified atom stereocenters. The highest BCUT2D eigenvalue weighted by atomic mass is 16.1. The molecule has 2 aliphatic rings. The van der Waals surface area contributed by atoms with Gasteiger partial charge in [0.2, 0.25) is 0 Å². The van der Waals surface area contributed by atoms with Crippen molar-refractivity contribution in [1.29, 1.82) is 0 Å². The van der Waals surface area contributed by atoms with E-state index in [0.29, 0.717) is 18.2 Å². The van der Waals surface area contributed by atoms with E-state index in [9.17, 15) is 4.79 Å². The quantitative estimate of drug-likeness (QED) is 0.766. The number of nitrogens with zero attached hydrogens (tertiary/aromatic N) is 1. The summed E-state index contributed by atoms with van der Waals surface area (Å²) in [5.41, 5.74) is 7.53. The van der Waals surface area contributed by atoms with Crippen LogP contribution in [0, 0.1) is 0 Å². The lowest BCUT2D eigenvalue weighted by molar-refractivity contribution is -0.120. The molecule has 1 saturated heterocycles. The van der Waals surface area contributed by atoms with Crippen LogP contribution in [0.1, 0.15) is 30.9 Å². The maximum atomic E-state index is 11.9. The third-order valence-electron chi connectivity index (χ3n) is 3.52. The molecule has 0 radical (unpaired) electrons. The number of nitrogens with two attached hydrogens (primary N) is 1. The number of nitrogen functional groups attached to an aromatic ring is 1. The van der Waals surface area contributed by atoms with Crippen molar-refractivity contribution in [2.75, 3.05) is 12.3 Å². The minimum atomic E-state index is -0.00639. The van der Waals surface area contributed by atoms with Gasteiger partial charge in [0.05, 0.1) is 6.04 Å². The van der Waals surface area contributed by atoms with Crippen molar-refractivity contribution in [2.24, 2.45) is 0 Å². The van der Waals surface area contributed by atoms with Gasteiger partial charge in [-0.05, 0) is 30.5 Å². The first-order chi connectivity index (χ1) is 7.75. The van der Waals surface area contributed by atoms with Crippen molar-refractivity contribution < 1.29 is 4.79 Å². The fraction of sp³-hybridized carbons (Fsp3) is 0.462. The second kappa shape index (κ2) is 3.59. The summed E-state index contributed by atoms with van der Waals surface area (Å²) >= 11 is 0. The van der Waals surface area contributed by atoms with Crippen LogP contribution in [-0.4, -0.2) is 23.3 Å². The molecule has 1 aromatic carbocycles. The van der Waals surface area contributed by atoms with Gasteiger partial charge in [-0.25, -0.2) is 0 Å². The summed E-state index contributed by atoms with van der Waals surface area (Å²) in [5, 5.41) is 0. The van der Waals surface area contributed by atoms with Gasteiger partial charge in [0, 0.05) is 24.7 Å². The smallest absolute Gasteiger partial charge is 0.155 e. The zero-order valence-corrected chi connectivity index (χ0v) is 9.23. The molecule has 2 N–H and O–H groups in total. The summed E-state index contributed by atoms with van der Waals surface area (Å²) in [5.74, 6) is 0.358. The standard InChI is InChI=1S/C13H16N2O/c14-10-3-1-9(2-4-10)13-12(16)7-8-15(13)11-5-6-11/h1-4,11,13H,5-8,14H2. The third-order valence-corrected chi connectivity index (χ3v) is 3.52. The summed E-state index contributed by atoms with van der Waals surface area (Å²) in [6.45, 7) is 0.929. The monoisotopic (exact) mass is 216 g/mol. The van der Waals surface area contributed by atoms with Crippen molar-refractivity contribution in [3.63, 3.8) is 0 Å². The minimum absolute atomic E-state index is 0.00639. The Morgan fingerprint density at radius 3 is 2.50 bits per heavy atom. The Kier molecular flexibility index (Phi) is 2.21. The summed E-state index contributed by atoms with van der Waals surface area (Å²) in [6, 6.07) is 8.37. The molecule has 1 aromatic rings. The SMILES string of the molecule is Nc1ccc(C2C(=O)CCN2C2CC2)cc1. The number of hydrogen-bond donors (Lipinski definition) is 1. The van der Waals surface area contributed by atoms with Gasteiger partial charge in [-0.2, -0.15) is 0 Å². The molecule has 3 rings (SSSR count). The van der Waals surface area contributed by atoms with Gasteiger partial charge in [0.25, 0.3) is 0 Å². The number of rotatable bonds is 2. The summed E-state index contributed by atoms with van der Waals surface area (Å²) in [6.07, 6.45) is 3.20. The Morgan fingerprint density at radius 1 is 1.19 bits per heavy atom. The number of carbonyl (C=O) groups excluding carboxylic acids is 1. The van der Waals surface area contributed by atoms with Crippen LogP contribution in [0.25, 0.3) is 0 Å². The zero-order valence-electron chi connectivity index (χ0n) is 9.23. The fourth-order valence-electron chi connectivity index (χ4n) is 2.55. The summed E-state index contributed by atoms with van der Waals surface area (Å²) in [7, 11) is 0. The molecule has 1 atom stereocenters. The number of hydrogen-bond acceptors (Lipinski definition) is 3. The van der Waals surface area contributed by atoms with Gasteiger partial charge in [0.1, 0.15) is 0 Å². The van der Waals surface area contributed by atoms with E-state index < -0.39 is 0 Å². The highest BCUT2D eigenvalue weighted by molar-refractivity contribution is 5.87. The number of likely N-dealkylation sites (tertiary alicyclic amines) is 1. The number of carbonyl (C=O) groups is 1. The highest BCUT2D eigenvalue weighted by Gasteiger charge is 2.41. The van der Waals surface area contributed by atoms with Crippen LogP contribution < -0.4 is 5.73 Å². The normalized spacial score (nSPS) is 26.2. The van der Waals surface area contributed by atoms with Gasteiger partial charge >= 0.3 is 0 Å². The van der Waals surface area contributed by atoms with E-state index >= 15 is 0 Å². The first kappa shape index (κ1) is 9.85. The van der Waals surface area contributed by atoms with Crippen molar-refractivity contribution in [2.45, 2.75) is 31.3 Å². The van der Waals surface area contributed by atoms with E-state index in [4.69, 9.17) is 5.73 Å². The summed E-state index contributed by atoms with van der Waals surface area (Å²) < 4.78 is 0. The topological polar surface area (TPSA) is 46.3 Å². The third kappa shape index (κ3) is 1.61. The van der Waals surface area contributed by atoms with Crippen LogP contribution in [0.4, 0.5) is 5.69 Å². The molecule has 1 aliphatic carbocycles. The van der Waals surface area contributed by atoms with E-state index in [1.807, 2.05) is 24.3 Å². The average molecular weight is 216 g/mol. The Labute approximate surface area is 95.2 Å². The Balaban J connectivity index is 1.90. The van der Waals surface area contributed by atoms with Crippen LogP contribution >= 0.6 is 0 Å². The second-order valence-electron chi connectivity index (χ2n) is 4.75. The number of Topliss-reactive ketones (excluding diaryl/α,β-unsaturated/α-hetero) is 1. The van der Waals surface area contributed by atoms with E-state index in [1.54, 1.807) is 0 Å². The molecule has 0 spiro atoms. The van der Waals surface area contributed by atoms with E-state index in [2.05, 4.69) is 4.90 Å². The van der Waals surface area contributed by atoms with Gasteiger partial charge in [-0.1, -0.05) is 12.1 Å². The first-order valence-corrected chi connectivity index (χ1v) is 5.89. The van der Waals surface area contributed by atoms with Crippen LogP contribution in [0.5, 0.6) is 0 Å². The molecule has 3 heteroatoms. The van der Waals surface area contributed by atoms with Crippen LogP contribution in [0.15, 0.2) is 24.3 Å². The number of benzene rings is 1. The maximum absolute atomic E-state index is 11.9. The second-order valence-corrected chi connectivity index (χ2v) is 4.75. The van der Waals surface area contributed by atoms with Gasteiger partial charge in [-0.3, -0.25) is 9.69 Å². The number of anilines is 1. The van der Waals surface area contributed by atoms with Crippen molar-refractivity contribution in [1.82, 2.24) is 4.90 Å². The lowest BCUT2D eigenvalue weighted by atomic mass is 10.0. The lowest BCUT2D eigenvalue weighted by Crippen LogP contribution is -2.27. The molecule has 84 valence electrons. The van der Waals surface area contributed by atoms with Crippen LogP contribution in [-0.2, 0) is 4.79 Å². The predicted octanol–water partition coefficient (Wildman–Crippen LogP) is 1.75. The predicted molar refractivity (Wildman–Crippen MR) is 62.9 cm³/mol. The van der Waals surface area contributed by atoms with E-state index in [0.717, 1.165) is 17.8 Å². The molecule has 16 heavy (non-hydrogen) atoms. The highest BCUT2D eigenvalue weighted by Crippen LogP contribution is 2.39. The van der Waals surface area contributed by atoms with E-state index in [-0.39, 0.29) is 6.04 Å². The fourth-order valence-corrected chi connectivity index (χ4v) is 2.55. The largest absolute Gasteiger partial charge is 0.399 e. The molecule has 1 aliphatic heterocycles. The molecular formula is C13H16N2O. The maximum Gasteiger partial charge on any atom is 0.155 e. The van der Waals surface area contributed by atoms with Gasteiger partial charge < -0.3 is 5.73 Å². The van der Waals surface area contributed by atoms with Gasteiger partial charge in [0.15, 0.2) is 5.78 Å². The molecular weight excluding hydrogens is 200 g/mol. The number of ketones is 1. The molecule has 0 amide bonds. The van der Waals surface area contributed by atoms with Gasteiger partial charge in [-0.15, -0.1) is 0 Å². The molecule has 2 fully saturated rings. The molecule has 1 saturated carbocycles. The molecule has 0 bridgehead atoms. The van der Waals surface area contributed by atoms with Crippen molar-refractivity contribution in [3.8, 4) is 0 Å². The van der Waals surface area contributed by atoms with E-state index in [1.165, 1.54) is 12.8 Å². The average Bonchev–Trinajstić information content (AvgIpc) is 3.05. The molecule has 0 aromatic heterocycles. The zero-order chi connectivity index (χ0) is 11.1. The minimum Gasteiger partial charge on any atom is -0.399 e. The molecule has 3 nitrogen and oxygen atoms in total. The van der Waals surface area contributed by atoms with Crippen LogP contribution in [0.3, 0.4) is 0 Å². The summed E-state index contributed by atoms with van der Waals surface area (Å²) in [4.78, 5) is 14.3. The lowest BCUT2D eigenvalue weighted by Gasteiger charge is -2.23. The van der Waals surface area contributed by atoms with Crippen molar-refractivity contribution in [3.05, 3.63) is 29.8 Å². The molecule has 1 heterocycles. The first-order valence-electron chi connectivity index (χ1n) is 5.89. The Hall–Kier alpha value is -1.35. The van der Waals surface area contributed by atoms with Crippen molar-refractivity contribution >= 4 is 11.5 Å². The Bertz CT molecular complexity index is 408. The van der Waals surface area contributed by atoms with Crippen LogP contribution in [0.2, 0.25) is 0 Å². The Morgan fingerprint density at radius 2 is 1.88 bits per heavy atom.